The van der Waals surface area contributed by atoms with Crippen LogP contribution >= 0.6 is 11.8 Å². The Morgan fingerprint density at radius 3 is 2.61 bits per heavy atom. The zero-order chi connectivity index (χ0) is 13.7. The molecule has 100 valence electrons. The fourth-order valence-electron chi connectivity index (χ4n) is 1.35. The molecule has 0 radical (unpaired) electrons. The number of anilines is 1. The molecule has 1 rings (SSSR count). The Hall–Kier alpha value is -1.37. The number of aryl methyl sites for hydroxylation is 1. The Balaban J connectivity index is 2.98. The molecule has 1 aromatic heterocycles. The summed E-state index contributed by atoms with van der Waals surface area (Å²) in [5.41, 5.74) is 0.411. The highest BCUT2D eigenvalue weighted by Crippen LogP contribution is 2.31. The van der Waals surface area contributed by atoms with Gasteiger partial charge in [-0.1, -0.05) is 25.6 Å². The van der Waals surface area contributed by atoms with Gasteiger partial charge in [-0.15, -0.1) is 0 Å². The molecule has 0 aliphatic heterocycles. The largest absolute Gasteiger partial charge is 0.357 e. The molecule has 1 aromatic rings. The summed E-state index contributed by atoms with van der Waals surface area (Å²) >= 11 is 1.41. The lowest BCUT2D eigenvalue weighted by Gasteiger charge is -2.07. The lowest BCUT2D eigenvalue weighted by molar-refractivity contribution is -0.389. The number of nitrogens with zero attached hydrogens (tertiary/aromatic N) is 3. The molecule has 18 heavy (non-hydrogen) atoms. The lowest BCUT2D eigenvalue weighted by Crippen LogP contribution is -2.05. The van der Waals surface area contributed by atoms with Crippen molar-refractivity contribution in [3.8, 4) is 0 Å². The Bertz CT molecular complexity index is 437. The molecule has 0 unspecified atom stereocenters. The molecule has 0 saturated carbocycles. The van der Waals surface area contributed by atoms with Gasteiger partial charge in [-0.3, -0.25) is 10.1 Å². The third-order valence-corrected chi connectivity index (χ3v) is 3.36. The molecule has 6 nitrogen and oxygen atoms in total. The predicted octanol–water partition coefficient (Wildman–Crippen LogP) is 2.87. The third-order valence-electron chi connectivity index (χ3n) is 2.37. The Labute approximate surface area is 111 Å². The summed E-state index contributed by atoms with van der Waals surface area (Å²) in [6, 6.07) is 0. The molecular formula is C11H18N4O2S. The van der Waals surface area contributed by atoms with Gasteiger partial charge < -0.3 is 5.32 Å². The summed E-state index contributed by atoms with van der Waals surface area (Å²) in [5.74, 6) is 1.81. The van der Waals surface area contributed by atoms with Crippen LogP contribution in [0.4, 0.5) is 11.6 Å². The van der Waals surface area contributed by atoms with E-state index in [1.165, 1.54) is 11.8 Å². The van der Waals surface area contributed by atoms with Gasteiger partial charge in [0, 0.05) is 7.05 Å². The predicted molar refractivity (Wildman–Crippen MR) is 73.1 cm³/mol. The van der Waals surface area contributed by atoms with Gasteiger partial charge >= 0.3 is 5.69 Å². The SMILES string of the molecule is CNc1nc(C)c([N+](=O)[O-])c(SCCC(C)C)n1. The van der Waals surface area contributed by atoms with Gasteiger partial charge in [0.05, 0.1) is 4.92 Å². The molecule has 0 bridgehead atoms. The first-order valence-corrected chi connectivity index (χ1v) is 6.77. The first-order valence-electron chi connectivity index (χ1n) is 5.79. The van der Waals surface area contributed by atoms with Crippen LogP contribution in [0.2, 0.25) is 0 Å². The van der Waals surface area contributed by atoms with E-state index in [-0.39, 0.29) is 5.69 Å². The van der Waals surface area contributed by atoms with E-state index in [0.717, 1.165) is 12.2 Å². The maximum Gasteiger partial charge on any atom is 0.322 e. The Morgan fingerprint density at radius 1 is 1.44 bits per heavy atom. The molecule has 0 spiro atoms. The van der Waals surface area contributed by atoms with Gasteiger partial charge in [-0.25, -0.2) is 4.98 Å². The summed E-state index contributed by atoms with van der Waals surface area (Å²) < 4.78 is 0. The van der Waals surface area contributed by atoms with Crippen LogP contribution < -0.4 is 5.32 Å². The molecule has 0 aliphatic carbocycles. The van der Waals surface area contributed by atoms with E-state index in [1.807, 2.05) is 0 Å². The van der Waals surface area contributed by atoms with E-state index in [9.17, 15) is 10.1 Å². The maximum atomic E-state index is 11.0. The van der Waals surface area contributed by atoms with E-state index in [1.54, 1.807) is 14.0 Å². The van der Waals surface area contributed by atoms with Crippen molar-refractivity contribution in [1.82, 2.24) is 9.97 Å². The molecule has 0 aliphatic rings. The van der Waals surface area contributed by atoms with E-state index in [2.05, 4.69) is 29.1 Å². The molecule has 1 N–H and O–H groups in total. The number of aromatic nitrogens is 2. The normalized spacial score (nSPS) is 10.7. The molecule has 1 heterocycles. The lowest BCUT2D eigenvalue weighted by atomic mass is 10.2. The smallest absolute Gasteiger partial charge is 0.322 e. The van der Waals surface area contributed by atoms with Crippen molar-refractivity contribution in [1.29, 1.82) is 0 Å². The van der Waals surface area contributed by atoms with Crippen LogP contribution in [0.25, 0.3) is 0 Å². The molecular weight excluding hydrogens is 252 g/mol. The van der Waals surface area contributed by atoms with E-state index < -0.39 is 4.92 Å². The van der Waals surface area contributed by atoms with Crippen molar-refractivity contribution < 1.29 is 4.92 Å². The highest BCUT2D eigenvalue weighted by Gasteiger charge is 2.22. The van der Waals surface area contributed by atoms with Crippen molar-refractivity contribution in [2.45, 2.75) is 32.2 Å². The number of hydrogen-bond acceptors (Lipinski definition) is 6. The number of thioether (sulfide) groups is 1. The van der Waals surface area contributed by atoms with Crippen molar-refractivity contribution in [3.63, 3.8) is 0 Å². The Morgan fingerprint density at radius 2 is 2.11 bits per heavy atom. The van der Waals surface area contributed by atoms with Gasteiger partial charge in [0.1, 0.15) is 5.69 Å². The standard InChI is InChI=1S/C11H18N4O2S/c1-7(2)5-6-18-10-9(15(16)17)8(3)13-11(12-4)14-10/h7H,5-6H2,1-4H3,(H,12,13,14). The zero-order valence-corrected chi connectivity index (χ0v) is 11.9. The van der Waals surface area contributed by atoms with Gasteiger partial charge in [-0.05, 0) is 25.0 Å². The van der Waals surface area contributed by atoms with Gasteiger partial charge in [-0.2, -0.15) is 4.98 Å². The van der Waals surface area contributed by atoms with Crippen LogP contribution in [0, 0.1) is 23.0 Å². The summed E-state index contributed by atoms with van der Waals surface area (Å²) in [6.45, 7) is 5.88. The fraction of sp³-hybridized carbons (Fsp3) is 0.636. The second-order valence-electron chi connectivity index (χ2n) is 4.32. The molecule has 7 heteroatoms. The highest BCUT2D eigenvalue weighted by atomic mass is 32.2. The number of nitrogens with one attached hydrogen (secondary N) is 1. The second kappa shape index (κ2) is 6.53. The van der Waals surface area contributed by atoms with Crippen molar-refractivity contribution in [3.05, 3.63) is 15.8 Å². The minimum absolute atomic E-state index is 0.0164. The maximum absolute atomic E-state index is 11.0. The van der Waals surface area contributed by atoms with Crippen LogP contribution in [0.3, 0.4) is 0 Å². The number of hydrogen-bond donors (Lipinski definition) is 1. The second-order valence-corrected chi connectivity index (χ2v) is 5.41. The van der Waals surface area contributed by atoms with E-state index in [4.69, 9.17) is 0 Å². The monoisotopic (exact) mass is 270 g/mol. The quantitative estimate of drug-likeness (QED) is 0.370. The van der Waals surface area contributed by atoms with Crippen LogP contribution in [-0.2, 0) is 0 Å². The van der Waals surface area contributed by atoms with E-state index in [0.29, 0.717) is 22.6 Å². The van der Waals surface area contributed by atoms with Crippen LogP contribution in [0.15, 0.2) is 5.03 Å². The summed E-state index contributed by atoms with van der Waals surface area (Å²) in [7, 11) is 1.70. The molecule has 0 aromatic carbocycles. The first kappa shape index (κ1) is 14.7. The van der Waals surface area contributed by atoms with Gasteiger partial charge in [0.25, 0.3) is 0 Å². The minimum Gasteiger partial charge on any atom is -0.357 e. The molecule has 0 saturated heterocycles. The Kier molecular flexibility index (Phi) is 5.33. The average molecular weight is 270 g/mol. The third kappa shape index (κ3) is 3.83. The summed E-state index contributed by atoms with van der Waals surface area (Å²) in [4.78, 5) is 18.8. The molecule has 0 fully saturated rings. The zero-order valence-electron chi connectivity index (χ0n) is 11.1. The van der Waals surface area contributed by atoms with Gasteiger partial charge in [0.15, 0.2) is 5.03 Å². The first-order chi connectivity index (χ1) is 8.45. The van der Waals surface area contributed by atoms with Crippen molar-refractivity contribution >= 4 is 23.4 Å². The summed E-state index contributed by atoms with van der Waals surface area (Å²) in [6.07, 6.45) is 1.000. The average Bonchev–Trinajstić information content (AvgIpc) is 2.27. The van der Waals surface area contributed by atoms with Crippen molar-refractivity contribution in [2.24, 2.45) is 5.92 Å². The highest BCUT2D eigenvalue weighted by molar-refractivity contribution is 7.99. The number of nitro groups is 1. The van der Waals surface area contributed by atoms with Crippen LogP contribution in [0.1, 0.15) is 26.0 Å². The van der Waals surface area contributed by atoms with Crippen LogP contribution in [0.5, 0.6) is 0 Å². The molecule has 0 atom stereocenters. The summed E-state index contributed by atoms with van der Waals surface area (Å²) in [5, 5.41) is 14.3. The number of rotatable bonds is 6. The molecule has 0 amide bonds. The van der Waals surface area contributed by atoms with Gasteiger partial charge in [0.2, 0.25) is 5.95 Å². The topological polar surface area (TPSA) is 81.0 Å². The fourth-order valence-corrected chi connectivity index (χ4v) is 2.65. The van der Waals surface area contributed by atoms with E-state index >= 15 is 0 Å². The van der Waals surface area contributed by atoms with Crippen LogP contribution in [-0.4, -0.2) is 27.7 Å². The minimum atomic E-state index is -0.410. The van der Waals surface area contributed by atoms with Crippen molar-refractivity contribution in [2.75, 3.05) is 18.1 Å².